The molecule has 3 rings (SSSR count). The summed E-state index contributed by atoms with van der Waals surface area (Å²) >= 11 is 5.95. The van der Waals surface area contributed by atoms with Gasteiger partial charge in [0, 0.05) is 22.3 Å². The molecule has 0 aliphatic heterocycles. The number of hydrogen-bond acceptors (Lipinski definition) is 3. The number of hydrogen-bond donors (Lipinski definition) is 0. The number of carbonyl (C=O) groups is 1. The minimum Gasteiger partial charge on any atom is -0.469 e. The summed E-state index contributed by atoms with van der Waals surface area (Å²) < 4.78 is 6.55. The quantitative estimate of drug-likeness (QED) is 0.683. The Labute approximate surface area is 139 Å². The molecule has 3 aromatic rings. The molecule has 0 unspecified atom stereocenters. The highest BCUT2D eigenvalue weighted by Gasteiger charge is 2.15. The first-order chi connectivity index (χ1) is 11.2. The number of ether oxygens (including phenoxy) is 1. The van der Waals surface area contributed by atoms with Crippen LogP contribution in [0.15, 0.2) is 60.8 Å². The van der Waals surface area contributed by atoms with Crippen LogP contribution in [0.4, 0.5) is 0 Å². The predicted molar refractivity (Wildman–Crippen MR) is 89.7 cm³/mol. The first-order valence-electron chi connectivity index (χ1n) is 7.14. The number of aromatic nitrogens is 2. The van der Waals surface area contributed by atoms with Gasteiger partial charge in [-0.2, -0.15) is 5.10 Å². The van der Waals surface area contributed by atoms with Crippen LogP contribution >= 0.6 is 11.6 Å². The minimum absolute atomic E-state index is 0.168. The van der Waals surface area contributed by atoms with Gasteiger partial charge in [0.1, 0.15) is 0 Å². The lowest BCUT2D eigenvalue weighted by Gasteiger charge is -2.02. The van der Waals surface area contributed by atoms with Gasteiger partial charge in [0.2, 0.25) is 0 Å². The Hall–Kier alpha value is -2.59. The molecular weight excluding hydrogens is 312 g/mol. The monoisotopic (exact) mass is 326 g/mol. The Balaban J connectivity index is 2.06. The molecule has 0 saturated carbocycles. The molecule has 116 valence electrons. The Kier molecular flexibility index (Phi) is 4.44. The summed E-state index contributed by atoms with van der Waals surface area (Å²) in [4.78, 5) is 11.7. The van der Waals surface area contributed by atoms with Crippen molar-refractivity contribution in [1.82, 2.24) is 9.78 Å². The van der Waals surface area contributed by atoms with Gasteiger partial charge in [-0.25, -0.2) is 4.68 Å². The molecule has 4 nitrogen and oxygen atoms in total. The number of esters is 1. The van der Waals surface area contributed by atoms with Gasteiger partial charge in [0.25, 0.3) is 0 Å². The van der Waals surface area contributed by atoms with Crippen molar-refractivity contribution < 1.29 is 9.53 Å². The molecular formula is C18H15ClN2O2. The average Bonchev–Trinajstić information content (AvgIpc) is 3.00. The third-order valence-corrected chi connectivity index (χ3v) is 3.74. The van der Waals surface area contributed by atoms with Crippen LogP contribution in [0, 0.1) is 0 Å². The van der Waals surface area contributed by atoms with Gasteiger partial charge in [0.05, 0.1) is 24.9 Å². The molecule has 1 aromatic heterocycles. The Morgan fingerprint density at radius 1 is 1.13 bits per heavy atom. The molecule has 0 N–H and O–H groups in total. The van der Waals surface area contributed by atoms with Crippen LogP contribution < -0.4 is 0 Å². The second kappa shape index (κ2) is 6.67. The van der Waals surface area contributed by atoms with Gasteiger partial charge in [0.15, 0.2) is 0 Å². The summed E-state index contributed by atoms with van der Waals surface area (Å²) in [6, 6.07) is 17.1. The van der Waals surface area contributed by atoms with Crippen molar-refractivity contribution in [2.75, 3.05) is 7.11 Å². The SMILES string of the molecule is COC(=O)Cc1cn(-c2ccccc2)nc1-c1ccc(Cl)cc1. The summed E-state index contributed by atoms with van der Waals surface area (Å²) in [5.41, 5.74) is 3.39. The lowest BCUT2D eigenvalue weighted by Crippen LogP contribution is -2.04. The van der Waals surface area contributed by atoms with Crippen LogP contribution in [0.25, 0.3) is 16.9 Å². The number of rotatable bonds is 4. The minimum atomic E-state index is -0.298. The van der Waals surface area contributed by atoms with E-state index in [2.05, 4.69) is 5.10 Å². The van der Waals surface area contributed by atoms with Crippen LogP contribution in [0.1, 0.15) is 5.56 Å². The molecule has 0 fully saturated rings. The Morgan fingerprint density at radius 3 is 2.48 bits per heavy atom. The van der Waals surface area contributed by atoms with Crippen molar-refractivity contribution in [1.29, 1.82) is 0 Å². The van der Waals surface area contributed by atoms with Gasteiger partial charge >= 0.3 is 5.97 Å². The van der Waals surface area contributed by atoms with Crippen molar-refractivity contribution >= 4 is 17.6 Å². The molecule has 0 atom stereocenters. The van der Waals surface area contributed by atoms with E-state index >= 15 is 0 Å². The van der Waals surface area contributed by atoms with E-state index < -0.39 is 0 Å². The van der Waals surface area contributed by atoms with Gasteiger partial charge in [-0.15, -0.1) is 0 Å². The number of methoxy groups -OCH3 is 1. The van der Waals surface area contributed by atoms with E-state index in [4.69, 9.17) is 16.3 Å². The van der Waals surface area contributed by atoms with E-state index in [0.717, 1.165) is 22.5 Å². The number of carbonyl (C=O) groups excluding carboxylic acids is 1. The summed E-state index contributed by atoms with van der Waals surface area (Å²) in [5.74, 6) is -0.298. The zero-order valence-electron chi connectivity index (χ0n) is 12.6. The Bertz CT molecular complexity index is 811. The molecule has 0 radical (unpaired) electrons. The number of para-hydroxylation sites is 1. The van der Waals surface area contributed by atoms with Crippen molar-refractivity contribution in [2.24, 2.45) is 0 Å². The van der Waals surface area contributed by atoms with Crippen molar-refractivity contribution in [3.05, 3.63) is 71.4 Å². The van der Waals surface area contributed by atoms with E-state index in [1.807, 2.05) is 48.7 Å². The van der Waals surface area contributed by atoms with E-state index in [-0.39, 0.29) is 12.4 Å². The summed E-state index contributed by atoms with van der Waals surface area (Å²) in [6.07, 6.45) is 2.03. The molecule has 0 spiro atoms. The fourth-order valence-electron chi connectivity index (χ4n) is 2.33. The van der Waals surface area contributed by atoms with E-state index in [1.54, 1.807) is 16.8 Å². The van der Waals surface area contributed by atoms with E-state index in [0.29, 0.717) is 5.02 Å². The highest BCUT2D eigenvalue weighted by Crippen LogP contribution is 2.25. The topological polar surface area (TPSA) is 44.1 Å². The van der Waals surface area contributed by atoms with Gasteiger partial charge < -0.3 is 4.74 Å². The van der Waals surface area contributed by atoms with Crippen LogP contribution in [-0.2, 0) is 16.0 Å². The lowest BCUT2D eigenvalue weighted by molar-refractivity contribution is -0.139. The van der Waals surface area contributed by atoms with Crippen LogP contribution in [-0.4, -0.2) is 22.9 Å². The fraction of sp³-hybridized carbons (Fsp3) is 0.111. The van der Waals surface area contributed by atoms with Gasteiger partial charge in [-0.3, -0.25) is 4.79 Å². The number of nitrogens with zero attached hydrogens (tertiary/aromatic N) is 2. The molecule has 0 bridgehead atoms. The zero-order valence-corrected chi connectivity index (χ0v) is 13.3. The van der Waals surface area contributed by atoms with Crippen molar-refractivity contribution in [3.63, 3.8) is 0 Å². The van der Waals surface area contributed by atoms with Crippen LogP contribution in [0.2, 0.25) is 5.02 Å². The number of halogens is 1. The van der Waals surface area contributed by atoms with Crippen molar-refractivity contribution in [3.8, 4) is 16.9 Å². The van der Waals surface area contributed by atoms with Crippen LogP contribution in [0.3, 0.4) is 0 Å². The third-order valence-electron chi connectivity index (χ3n) is 3.49. The first-order valence-corrected chi connectivity index (χ1v) is 7.52. The predicted octanol–water partition coefficient (Wildman–Crippen LogP) is 3.91. The van der Waals surface area contributed by atoms with Crippen LogP contribution in [0.5, 0.6) is 0 Å². The van der Waals surface area contributed by atoms with Gasteiger partial charge in [-0.1, -0.05) is 41.9 Å². The Morgan fingerprint density at radius 2 is 1.83 bits per heavy atom. The molecule has 0 aliphatic rings. The maximum absolute atomic E-state index is 11.7. The highest BCUT2D eigenvalue weighted by atomic mass is 35.5. The lowest BCUT2D eigenvalue weighted by atomic mass is 10.1. The molecule has 1 heterocycles. The molecule has 5 heteroatoms. The molecule has 0 aliphatic carbocycles. The van der Waals surface area contributed by atoms with E-state index in [1.165, 1.54) is 7.11 Å². The first kappa shape index (κ1) is 15.3. The summed E-state index contributed by atoms with van der Waals surface area (Å²) in [5, 5.41) is 5.29. The standard InChI is InChI=1S/C18H15ClN2O2/c1-23-17(22)11-14-12-21(16-5-3-2-4-6-16)20-18(14)13-7-9-15(19)10-8-13/h2-10,12H,11H2,1H3. The normalized spacial score (nSPS) is 10.5. The fourth-order valence-corrected chi connectivity index (χ4v) is 2.46. The second-order valence-corrected chi connectivity index (χ2v) is 5.48. The van der Waals surface area contributed by atoms with E-state index in [9.17, 15) is 4.79 Å². The largest absolute Gasteiger partial charge is 0.469 e. The summed E-state index contributed by atoms with van der Waals surface area (Å²) in [6.45, 7) is 0. The highest BCUT2D eigenvalue weighted by molar-refractivity contribution is 6.30. The second-order valence-electron chi connectivity index (χ2n) is 5.04. The molecule has 0 saturated heterocycles. The molecule has 2 aromatic carbocycles. The molecule has 0 amide bonds. The summed E-state index contributed by atoms with van der Waals surface area (Å²) in [7, 11) is 1.38. The van der Waals surface area contributed by atoms with Gasteiger partial charge in [-0.05, 0) is 24.3 Å². The zero-order chi connectivity index (χ0) is 16.2. The maximum Gasteiger partial charge on any atom is 0.310 e. The molecule has 23 heavy (non-hydrogen) atoms. The average molecular weight is 327 g/mol. The number of benzene rings is 2. The van der Waals surface area contributed by atoms with Crippen molar-refractivity contribution in [2.45, 2.75) is 6.42 Å². The third kappa shape index (κ3) is 3.43. The smallest absolute Gasteiger partial charge is 0.310 e. The maximum atomic E-state index is 11.7.